The van der Waals surface area contributed by atoms with Crippen LogP contribution < -0.4 is 5.32 Å². The molecule has 1 saturated heterocycles. The third-order valence-corrected chi connectivity index (χ3v) is 3.31. The molecule has 3 heterocycles. The second-order valence-corrected chi connectivity index (χ2v) is 4.74. The van der Waals surface area contributed by atoms with Crippen LogP contribution in [0, 0.1) is 17.1 Å². The van der Waals surface area contributed by atoms with Crippen LogP contribution in [0.3, 0.4) is 0 Å². The zero-order valence-corrected chi connectivity index (χ0v) is 11.1. The van der Waals surface area contributed by atoms with Gasteiger partial charge < -0.3 is 10.1 Å². The van der Waals surface area contributed by atoms with E-state index in [9.17, 15) is 4.39 Å². The fourth-order valence-electron chi connectivity index (χ4n) is 2.27. The van der Waals surface area contributed by atoms with E-state index in [2.05, 4.69) is 25.5 Å². The molecule has 0 spiro atoms. The number of hydrogen-bond acceptors (Lipinski definition) is 6. The highest BCUT2D eigenvalue weighted by Crippen LogP contribution is 2.30. The van der Waals surface area contributed by atoms with E-state index in [4.69, 9.17) is 10.00 Å². The van der Waals surface area contributed by atoms with Gasteiger partial charge in [0.1, 0.15) is 18.5 Å². The van der Waals surface area contributed by atoms with Crippen LogP contribution in [0.2, 0.25) is 0 Å². The Hall–Kier alpha value is -2.53. The van der Waals surface area contributed by atoms with Crippen LogP contribution in [0.25, 0.3) is 0 Å². The molecule has 0 amide bonds. The first-order valence-electron chi connectivity index (χ1n) is 6.56. The average Bonchev–Trinajstić information content (AvgIpc) is 3.16. The number of pyridine rings is 1. The molecule has 3 rings (SSSR count). The number of anilines is 1. The number of aromatic nitrogens is 4. The first-order valence-corrected chi connectivity index (χ1v) is 6.56. The molecule has 7 nitrogen and oxygen atoms in total. The number of rotatable bonds is 4. The summed E-state index contributed by atoms with van der Waals surface area (Å²) in [7, 11) is 0. The van der Waals surface area contributed by atoms with Crippen molar-refractivity contribution < 1.29 is 9.13 Å². The molecule has 1 aliphatic heterocycles. The summed E-state index contributed by atoms with van der Waals surface area (Å²) in [5.74, 6) is 0.291. The molecule has 108 valence electrons. The maximum Gasteiger partial charge on any atom is 0.166 e. The van der Waals surface area contributed by atoms with Crippen molar-refractivity contribution in [3.63, 3.8) is 0 Å². The Morgan fingerprint density at radius 1 is 1.48 bits per heavy atom. The highest BCUT2D eigenvalue weighted by Gasteiger charge is 2.28. The van der Waals surface area contributed by atoms with Crippen LogP contribution in [0.4, 0.5) is 10.2 Å². The fraction of sp³-hybridized carbons (Fsp3) is 0.385. The minimum Gasteiger partial charge on any atom is -0.365 e. The zero-order valence-electron chi connectivity index (χ0n) is 11.1. The molecule has 0 aromatic carbocycles. The Labute approximate surface area is 120 Å². The van der Waals surface area contributed by atoms with Gasteiger partial charge in [0.25, 0.3) is 0 Å². The fourth-order valence-corrected chi connectivity index (χ4v) is 2.27. The smallest absolute Gasteiger partial charge is 0.166 e. The van der Waals surface area contributed by atoms with Gasteiger partial charge in [-0.15, -0.1) is 0 Å². The zero-order chi connectivity index (χ0) is 14.7. The largest absolute Gasteiger partial charge is 0.365 e. The van der Waals surface area contributed by atoms with E-state index in [1.54, 1.807) is 0 Å². The second kappa shape index (κ2) is 5.85. The Bertz CT molecular complexity index is 653. The molecule has 2 atom stereocenters. The monoisotopic (exact) mass is 288 g/mol. The molecule has 21 heavy (non-hydrogen) atoms. The summed E-state index contributed by atoms with van der Waals surface area (Å²) < 4.78 is 19.5. The van der Waals surface area contributed by atoms with E-state index < -0.39 is 5.82 Å². The summed E-state index contributed by atoms with van der Waals surface area (Å²) in [5.41, 5.74) is 0.195. The molecule has 0 saturated carbocycles. The maximum atomic E-state index is 13.7. The minimum absolute atomic E-state index is 0.0445. The molecule has 1 aliphatic rings. The van der Waals surface area contributed by atoms with Crippen LogP contribution in [0.1, 0.15) is 30.3 Å². The van der Waals surface area contributed by atoms with Crippen molar-refractivity contribution in [1.82, 2.24) is 20.2 Å². The van der Waals surface area contributed by atoms with Crippen molar-refractivity contribution in [2.45, 2.75) is 25.0 Å². The number of H-pyrrole nitrogens is 1. The summed E-state index contributed by atoms with van der Waals surface area (Å²) >= 11 is 0. The lowest BCUT2D eigenvalue weighted by Crippen LogP contribution is -2.20. The van der Waals surface area contributed by atoms with Crippen LogP contribution in [0.15, 0.2) is 18.6 Å². The van der Waals surface area contributed by atoms with Gasteiger partial charge in [-0.2, -0.15) is 10.4 Å². The predicted molar refractivity (Wildman–Crippen MR) is 70.6 cm³/mol. The first-order chi connectivity index (χ1) is 10.3. The van der Waals surface area contributed by atoms with Gasteiger partial charge in [-0.1, -0.05) is 0 Å². The number of hydrogen-bond donors (Lipinski definition) is 2. The van der Waals surface area contributed by atoms with Gasteiger partial charge in [0.15, 0.2) is 17.5 Å². The molecule has 0 radical (unpaired) electrons. The lowest BCUT2D eigenvalue weighted by atomic mass is 10.2. The van der Waals surface area contributed by atoms with Crippen LogP contribution >= 0.6 is 0 Å². The summed E-state index contributed by atoms with van der Waals surface area (Å²) in [6.07, 6.45) is 4.31. The highest BCUT2D eigenvalue weighted by molar-refractivity contribution is 5.40. The van der Waals surface area contributed by atoms with Crippen molar-refractivity contribution in [3.8, 4) is 6.07 Å². The maximum absolute atomic E-state index is 13.7. The van der Waals surface area contributed by atoms with E-state index in [1.165, 1.54) is 12.5 Å². The quantitative estimate of drug-likeness (QED) is 0.885. The molecule has 8 heteroatoms. The molecule has 0 unspecified atom stereocenters. The predicted octanol–water partition coefficient (Wildman–Crippen LogP) is 1.54. The Kier molecular flexibility index (Phi) is 3.75. The topological polar surface area (TPSA) is 99.5 Å². The van der Waals surface area contributed by atoms with E-state index in [-0.39, 0.29) is 23.6 Å². The van der Waals surface area contributed by atoms with Crippen LogP contribution in [-0.4, -0.2) is 32.8 Å². The third kappa shape index (κ3) is 2.98. The summed E-state index contributed by atoms with van der Waals surface area (Å²) in [6, 6.07) is 3.00. The van der Waals surface area contributed by atoms with E-state index >= 15 is 0 Å². The third-order valence-electron chi connectivity index (χ3n) is 3.31. The van der Waals surface area contributed by atoms with Gasteiger partial charge in [-0.3, -0.25) is 5.10 Å². The van der Waals surface area contributed by atoms with Gasteiger partial charge >= 0.3 is 0 Å². The summed E-state index contributed by atoms with van der Waals surface area (Å²) in [5, 5.41) is 18.2. The standard InChI is InChI=1S/C13H13FN6O/c14-10-3-8(4-15)5-16-12(10)17-6-9-1-2-11(21-9)13-18-7-19-20-13/h3,5,7,9,11H,1-2,6H2,(H,16,17)(H,18,19,20)/t9-,11+/m1/s1. The molecule has 0 aliphatic carbocycles. The van der Waals surface area contributed by atoms with Crippen molar-refractivity contribution in [3.05, 3.63) is 35.8 Å². The lowest BCUT2D eigenvalue weighted by molar-refractivity contribution is 0.0471. The first kappa shape index (κ1) is 13.5. The number of halogens is 1. The Balaban J connectivity index is 1.56. The number of nitriles is 1. The van der Waals surface area contributed by atoms with E-state index in [0.717, 1.165) is 18.9 Å². The molecule has 2 aromatic heterocycles. The van der Waals surface area contributed by atoms with Crippen LogP contribution in [-0.2, 0) is 4.74 Å². The van der Waals surface area contributed by atoms with Gasteiger partial charge in [0.2, 0.25) is 0 Å². The molecule has 1 fully saturated rings. The Morgan fingerprint density at radius 3 is 3.10 bits per heavy atom. The molecular weight excluding hydrogens is 275 g/mol. The molecule has 2 aromatic rings. The Morgan fingerprint density at radius 2 is 2.38 bits per heavy atom. The average molecular weight is 288 g/mol. The molecule has 2 N–H and O–H groups in total. The van der Waals surface area contributed by atoms with Crippen molar-refractivity contribution in [2.24, 2.45) is 0 Å². The minimum atomic E-state index is -0.543. The van der Waals surface area contributed by atoms with Crippen LogP contribution in [0.5, 0.6) is 0 Å². The van der Waals surface area contributed by atoms with Gasteiger partial charge in [-0.25, -0.2) is 14.4 Å². The van der Waals surface area contributed by atoms with Gasteiger partial charge in [0.05, 0.1) is 11.7 Å². The second-order valence-electron chi connectivity index (χ2n) is 4.74. The van der Waals surface area contributed by atoms with E-state index in [1.807, 2.05) is 6.07 Å². The number of nitrogens with one attached hydrogen (secondary N) is 2. The van der Waals surface area contributed by atoms with Gasteiger partial charge in [-0.05, 0) is 18.9 Å². The number of ether oxygens (including phenoxy) is 1. The number of nitrogens with zero attached hydrogens (tertiary/aromatic N) is 4. The SMILES string of the molecule is N#Cc1cnc(NC[C@H]2CC[C@@H](c3ncn[nH]3)O2)c(F)c1. The summed E-state index contributed by atoms with van der Waals surface area (Å²) in [4.78, 5) is 7.96. The van der Waals surface area contributed by atoms with Crippen molar-refractivity contribution >= 4 is 5.82 Å². The van der Waals surface area contributed by atoms with Crippen molar-refractivity contribution in [2.75, 3.05) is 11.9 Å². The molecular formula is C13H13FN6O. The highest BCUT2D eigenvalue weighted by atomic mass is 19.1. The lowest BCUT2D eigenvalue weighted by Gasteiger charge is -2.13. The van der Waals surface area contributed by atoms with Gasteiger partial charge in [0, 0.05) is 12.7 Å². The molecule has 0 bridgehead atoms. The number of aromatic amines is 1. The van der Waals surface area contributed by atoms with E-state index in [0.29, 0.717) is 12.4 Å². The van der Waals surface area contributed by atoms with Crippen molar-refractivity contribution in [1.29, 1.82) is 5.26 Å². The normalized spacial score (nSPS) is 21.1. The summed E-state index contributed by atoms with van der Waals surface area (Å²) in [6.45, 7) is 0.445.